The molecular formula is C12H14O4. The summed E-state index contributed by atoms with van der Waals surface area (Å²) in [6, 6.07) is 1.63. The Balaban J connectivity index is 2.70. The van der Waals surface area contributed by atoms with Crippen LogP contribution in [0.25, 0.3) is 0 Å². The molecule has 16 heavy (non-hydrogen) atoms. The molecule has 0 fully saturated rings. The number of hydrogen-bond donors (Lipinski definition) is 2. The molecule has 1 aliphatic carbocycles. The molecule has 4 heteroatoms. The normalized spacial score (nSPS) is 19.4. The number of aliphatic hydroxyl groups excluding tert-OH is 1. The summed E-state index contributed by atoms with van der Waals surface area (Å²) in [4.78, 5) is 11.7. The number of phenolic OH excluding ortho intramolecular Hbond substituents is 1. The van der Waals surface area contributed by atoms with Gasteiger partial charge in [-0.25, -0.2) is 0 Å². The molecule has 0 heterocycles. The number of hydrogen-bond acceptors (Lipinski definition) is 4. The monoisotopic (exact) mass is 222 g/mol. The van der Waals surface area contributed by atoms with Crippen molar-refractivity contribution < 1.29 is 19.7 Å². The summed E-state index contributed by atoms with van der Waals surface area (Å²) in [5.74, 6) is 0.298. The number of carbonyl (C=O) groups excluding carboxylic acids is 1. The second-order valence-corrected chi connectivity index (χ2v) is 3.99. The van der Waals surface area contributed by atoms with Crippen LogP contribution in [0.2, 0.25) is 0 Å². The van der Waals surface area contributed by atoms with Gasteiger partial charge >= 0.3 is 0 Å². The van der Waals surface area contributed by atoms with Gasteiger partial charge in [-0.1, -0.05) is 0 Å². The van der Waals surface area contributed by atoms with Crippen LogP contribution in [-0.4, -0.2) is 23.1 Å². The van der Waals surface area contributed by atoms with Gasteiger partial charge in [0.25, 0.3) is 0 Å². The first-order chi connectivity index (χ1) is 7.56. The van der Waals surface area contributed by atoms with Crippen LogP contribution in [-0.2, 0) is 0 Å². The van der Waals surface area contributed by atoms with Gasteiger partial charge in [-0.15, -0.1) is 0 Å². The third-order valence-electron chi connectivity index (χ3n) is 3.04. The van der Waals surface area contributed by atoms with Gasteiger partial charge in [0.2, 0.25) is 0 Å². The summed E-state index contributed by atoms with van der Waals surface area (Å²) < 4.78 is 5.09. The number of ether oxygens (including phenoxy) is 1. The predicted molar refractivity (Wildman–Crippen MR) is 57.9 cm³/mol. The molecule has 0 bridgehead atoms. The highest BCUT2D eigenvalue weighted by atomic mass is 16.5. The molecule has 4 nitrogen and oxygen atoms in total. The van der Waals surface area contributed by atoms with Crippen molar-refractivity contribution in [2.24, 2.45) is 0 Å². The van der Waals surface area contributed by atoms with Crippen LogP contribution in [0.4, 0.5) is 0 Å². The number of carbonyl (C=O) groups is 1. The molecule has 0 radical (unpaired) electrons. The molecule has 0 aliphatic heterocycles. The Morgan fingerprint density at radius 1 is 1.50 bits per heavy atom. The Bertz CT molecular complexity index is 451. The molecular weight excluding hydrogens is 208 g/mol. The number of Topliss-reactive ketones (excluding diaryl/α,β-unsaturated/α-hetero) is 1. The highest BCUT2D eigenvalue weighted by Crippen LogP contribution is 2.40. The first kappa shape index (κ1) is 11.0. The molecule has 1 atom stereocenters. The zero-order valence-electron chi connectivity index (χ0n) is 9.28. The molecule has 0 amide bonds. The van der Waals surface area contributed by atoms with Crippen LogP contribution in [0.1, 0.15) is 40.4 Å². The van der Waals surface area contributed by atoms with Crippen LogP contribution in [0.15, 0.2) is 6.07 Å². The Labute approximate surface area is 93.5 Å². The lowest BCUT2D eigenvalue weighted by atomic mass is 9.86. The van der Waals surface area contributed by atoms with E-state index in [2.05, 4.69) is 0 Å². The third kappa shape index (κ3) is 1.46. The Morgan fingerprint density at radius 2 is 2.19 bits per heavy atom. The molecule has 2 N–H and O–H groups in total. The van der Waals surface area contributed by atoms with E-state index in [9.17, 15) is 15.0 Å². The Morgan fingerprint density at radius 3 is 2.81 bits per heavy atom. The zero-order valence-corrected chi connectivity index (χ0v) is 9.28. The van der Waals surface area contributed by atoms with Crippen molar-refractivity contribution in [3.8, 4) is 11.5 Å². The number of ketones is 1. The number of methoxy groups -OCH3 is 1. The van der Waals surface area contributed by atoms with Gasteiger partial charge in [0.1, 0.15) is 11.5 Å². The molecule has 1 aliphatic rings. The molecule has 0 spiro atoms. The Kier molecular flexibility index (Phi) is 2.59. The van der Waals surface area contributed by atoms with E-state index >= 15 is 0 Å². The van der Waals surface area contributed by atoms with Gasteiger partial charge in [0.15, 0.2) is 5.78 Å². The van der Waals surface area contributed by atoms with Crippen molar-refractivity contribution in [3.63, 3.8) is 0 Å². The molecule has 0 aromatic heterocycles. The highest BCUT2D eigenvalue weighted by molar-refractivity contribution is 6.01. The van der Waals surface area contributed by atoms with E-state index in [1.807, 2.05) is 0 Å². The number of rotatable bonds is 1. The van der Waals surface area contributed by atoms with E-state index in [1.165, 1.54) is 7.11 Å². The topological polar surface area (TPSA) is 66.8 Å². The molecule has 2 rings (SSSR count). The summed E-state index contributed by atoms with van der Waals surface area (Å²) in [5, 5.41) is 19.7. The smallest absolute Gasteiger partial charge is 0.167 e. The van der Waals surface area contributed by atoms with Crippen molar-refractivity contribution in [1.82, 2.24) is 0 Å². The fourth-order valence-corrected chi connectivity index (χ4v) is 2.08. The van der Waals surface area contributed by atoms with Crippen molar-refractivity contribution in [3.05, 3.63) is 22.8 Å². The molecule has 0 saturated heterocycles. The molecule has 0 saturated carbocycles. The van der Waals surface area contributed by atoms with Gasteiger partial charge in [-0.2, -0.15) is 0 Å². The first-order valence-corrected chi connectivity index (χ1v) is 5.18. The average molecular weight is 222 g/mol. The average Bonchev–Trinajstić information content (AvgIpc) is 2.27. The molecule has 0 unspecified atom stereocenters. The van der Waals surface area contributed by atoms with E-state index in [-0.39, 0.29) is 23.5 Å². The lowest BCUT2D eigenvalue weighted by Gasteiger charge is -2.23. The van der Waals surface area contributed by atoms with Crippen LogP contribution in [0.5, 0.6) is 11.5 Å². The standard InChI is InChI=1S/C12H14O4/c1-6-10(16-2)5-7-8(13)3-4-9(14)11(7)12(6)15/h5,8,13,15H,3-4H2,1-2H3/t8-/m0/s1. The predicted octanol–water partition coefficient (Wildman–Crippen LogP) is 1.72. The number of phenols is 1. The zero-order chi connectivity index (χ0) is 11.9. The third-order valence-corrected chi connectivity index (χ3v) is 3.04. The number of benzene rings is 1. The minimum absolute atomic E-state index is 0.0712. The lowest BCUT2D eigenvalue weighted by molar-refractivity contribution is 0.0892. The molecule has 86 valence electrons. The van der Waals surface area contributed by atoms with Crippen LogP contribution in [0.3, 0.4) is 0 Å². The summed E-state index contributed by atoms with van der Waals surface area (Å²) in [7, 11) is 1.49. The summed E-state index contributed by atoms with van der Waals surface area (Å²) in [5.41, 5.74) is 1.25. The number of aliphatic hydroxyl groups is 1. The maximum Gasteiger partial charge on any atom is 0.167 e. The second-order valence-electron chi connectivity index (χ2n) is 3.99. The summed E-state index contributed by atoms with van der Waals surface area (Å²) >= 11 is 0. The second kappa shape index (κ2) is 3.79. The first-order valence-electron chi connectivity index (χ1n) is 5.18. The Hall–Kier alpha value is -1.55. The number of aromatic hydroxyl groups is 1. The maximum atomic E-state index is 11.7. The van der Waals surface area contributed by atoms with E-state index in [0.717, 1.165) is 0 Å². The largest absolute Gasteiger partial charge is 0.507 e. The van der Waals surface area contributed by atoms with Crippen LogP contribution in [0, 0.1) is 6.92 Å². The van der Waals surface area contributed by atoms with Crippen molar-refractivity contribution >= 4 is 5.78 Å². The van der Waals surface area contributed by atoms with Crippen molar-refractivity contribution in [2.45, 2.75) is 25.9 Å². The quantitative estimate of drug-likeness (QED) is 0.759. The number of fused-ring (bicyclic) bond motifs is 1. The van der Waals surface area contributed by atoms with E-state index in [0.29, 0.717) is 23.3 Å². The van der Waals surface area contributed by atoms with Crippen LogP contribution >= 0.6 is 0 Å². The van der Waals surface area contributed by atoms with Gasteiger partial charge in [-0.3, -0.25) is 4.79 Å². The SMILES string of the molecule is COc1cc2c(c(O)c1C)C(=O)CC[C@@H]2O. The summed E-state index contributed by atoms with van der Waals surface area (Å²) in [6.07, 6.45) is -0.0292. The van der Waals surface area contributed by atoms with Gasteiger partial charge in [0.05, 0.1) is 18.8 Å². The van der Waals surface area contributed by atoms with Gasteiger partial charge < -0.3 is 14.9 Å². The minimum Gasteiger partial charge on any atom is -0.507 e. The molecule has 1 aromatic rings. The van der Waals surface area contributed by atoms with Gasteiger partial charge in [-0.05, 0) is 25.0 Å². The lowest BCUT2D eigenvalue weighted by Crippen LogP contribution is -2.16. The molecule has 1 aromatic carbocycles. The van der Waals surface area contributed by atoms with E-state index in [1.54, 1.807) is 13.0 Å². The van der Waals surface area contributed by atoms with Crippen LogP contribution < -0.4 is 4.74 Å². The van der Waals surface area contributed by atoms with Crippen molar-refractivity contribution in [1.29, 1.82) is 0 Å². The minimum atomic E-state index is -0.701. The fourth-order valence-electron chi connectivity index (χ4n) is 2.08. The van der Waals surface area contributed by atoms with E-state index in [4.69, 9.17) is 4.74 Å². The fraction of sp³-hybridized carbons (Fsp3) is 0.417. The van der Waals surface area contributed by atoms with Crippen molar-refractivity contribution in [2.75, 3.05) is 7.11 Å². The highest BCUT2D eigenvalue weighted by Gasteiger charge is 2.29. The summed E-state index contributed by atoms with van der Waals surface area (Å²) in [6.45, 7) is 1.68. The van der Waals surface area contributed by atoms with Gasteiger partial charge in [0, 0.05) is 12.0 Å². The maximum absolute atomic E-state index is 11.7. The van der Waals surface area contributed by atoms with E-state index < -0.39 is 6.10 Å².